The third-order valence-corrected chi connectivity index (χ3v) is 2.54. The lowest BCUT2D eigenvalue weighted by Crippen LogP contribution is -2.19. The Kier molecular flexibility index (Phi) is 4.18. The van der Waals surface area contributed by atoms with E-state index in [0.717, 1.165) is 18.2 Å². The quantitative estimate of drug-likeness (QED) is 0.607. The van der Waals surface area contributed by atoms with Gasteiger partial charge in [-0.05, 0) is 6.07 Å². The molecule has 0 aliphatic heterocycles. The summed E-state index contributed by atoms with van der Waals surface area (Å²) < 4.78 is 14.8. The standard InChI is InChI=1S/C11H11FN6O3/c12-9-3-8(18(20)21)1-2-10(9)14-11(19)6-17-5-7(4-13)15-16-17/h1-3,5H,4,6,13H2,(H,14,19). The fraction of sp³-hybridized carbons (Fsp3) is 0.182. The van der Waals surface area contributed by atoms with Crippen molar-refractivity contribution >= 4 is 17.3 Å². The third-order valence-electron chi connectivity index (χ3n) is 2.54. The Balaban J connectivity index is 2.04. The zero-order valence-corrected chi connectivity index (χ0v) is 10.7. The molecule has 0 unspecified atom stereocenters. The average molecular weight is 294 g/mol. The van der Waals surface area contributed by atoms with Gasteiger partial charge in [-0.25, -0.2) is 9.07 Å². The molecule has 0 aliphatic carbocycles. The molecule has 2 rings (SSSR count). The number of non-ortho nitro benzene ring substituents is 1. The van der Waals surface area contributed by atoms with Crippen LogP contribution in [0.4, 0.5) is 15.8 Å². The molecule has 1 amide bonds. The molecule has 3 N–H and O–H groups in total. The molecule has 0 atom stereocenters. The normalized spacial score (nSPS) is 10.4. The smallest absolute Gasteiger partial charge is 0.272 e. The molecular formula is C11H11FN6O3. The third kappa shape index (κ3) is 3.57. The van der Waals surface area contributed by atoms with Crippen LogP contribution in [0.3, 0.4) is 0 Å². The molecule has 0 bridgehead atoms. The van der Waals surface area contributed by atoms with E-state index < -0.39 is 22.3 Å². The monoisotopic (exact) mass is 294 g/mol. The number of nitro benzene ring substituents is 1. The second kappa shape index (κ2) is 6.05. The molecule has 1 heterocycles. The SMILES string of the molecule is NCc1cn(CC(=O)Nc2ccc([N+](=O)[O-])cc2F)nn1. The van der Waals surface area contributed by atoms with E-state index in [1.165, 1.54) is 10.9 Å². The molecule has 0 aliphatic rings. The number of nitrogens with zero attached hydrogens (tertiary/aromatic N) is 4. The van der Waals surface area contributed by atoms with Crippen LogP contribution in [0.1, 0.15) is 5.69 Å². The van der Waals surface area contributed by atoms with Crippen molar-refractivity contribution in [3.8, 4) is 0 Å². The molecule has 10 heteroatoms. The summed E-state index contributed by atoms with van der Waals surface area (Å²) >= 11 is 0. The molecule has 1 aromatic carbocycles. The molecule has 2 aromatic rings. The van der Waals surface area contributed by atoms with Gasteiger partial charge in [-0.15, -0.1) is 5.10 Å². The zero-order chi connectivity index (χ0) is 15.4. The Morgan fingerprint density at radius 3 is 2.86 bits per heavy atom. The largest absolute Gasteiger partial charge is 0.325 e. The number of carbonyl (C=O) groups excluding carboxylic acids is 1. The molecule has 110 valence electrons. The minimum absolute atomic E-state index is 0.148. The van der Waals surface area contributed by atoms with E-state index in [0.29, 0.717) is 5.69 Å². The maximum atomic E-state index is 13.6. The molecule has 0 radical (unpaired) electrons. The van der Waals surface area contributed by atoms with Crippen molar-refractivity contribution in [3.05, 3.63) is 46.0 Å². The fourth-order valence-corrected chi connectivity index (χ4v) is 1.57. The second-order valence-corrected chi connectivity index (χ2v) is 4.08. The second-order valence-electron chi connectivity index (χ2n) is 4.08. The highest BCUT2D eigenvalue weighted by atomic mass is 19.1. The number of amides is 1. The Bertz CT molecular complexity index is 686. The van der Waals surface area contributed by atoms with E-state index in [1.807, 2.05) is 0 Å². The van der Waals surface area contributed by atoms with Crippen molar-refractivity contribution in [1.29, 1.82) is 0 Å². The number of halogens is 1. The van der Waals surface area contributed by atoms with Crippen molar-refractivity contribution in [2.45, 2.75) is 13.1 Å². The van der Waals surface area contributed by atoms with E-state index in [-0.39, 0.29) is 18.8 Å². The van der Waals surface area contributed by atoms with Gasteiger partial charge >= 0.3 is 0 Å². The molecule has 0 spiro atoms. The summed E-state index contributed by atoms with van der Waals surface area (Å²) in [5.41, 5.74) is 5.33. The number of carbonyl (C=O) groups is 1. The van der Waals surface area contributed by atoms with Gasteiger partial charge in [0.2, 0.25) is 5.91 Å². The number of nitro groups is 1. The van der Waals surface area contributed by atoms with E-state index in [4.69, 9.17) is 5.73 Å². The first-order chi connectivity index (χ1) is 9.99. The first-order valence-corrected chi connectivity index (χ1v) is 5.82. The van der Waals surface area contributed by atoms with Gasteiger partial charge in [0.1, 0.15) is 6.54 Å². The van der Waals surface area contributed by atoms with Gasteiger partial charge in [0.05, 0.1) is 28.6 Å². The van der Waals surface area contributed by atoms with Crippen LogP contribution in [-0.4, -0.2) is 25.8 Å². The summed E-state index contributed by atoms with van der Waals surface area (Å²) in [7, 11) is 0. The maximum absolute atomic E-state index is 13.6. The summed E-state index contributed by atoms with van der Waals surface area (Å²) in [4.78, 5) is 21.5. The van der Waals surface area contributed by atoms with Gasteiger partial charge in [-0.1, -0.05) is 5.21 Å². The van der Waals surface area contributed by atoms with Gasteiger partial charge in [-0.2, -0.15) is 0 Å². The number of nitrogens with one attached hydrogen (secondary N) is 1. The Morgan fingerprint density at radius 2 is 2.29 bits per heavy atom. The Morgan fingerprint density at radius 1 is 1.52 bits per heavy atom. The minimum Gasteiger partial charge on any atom is -0.325 e. The highest BCUT2D eigenvalue weighted by Gasteiger charge is 2.13. The van der Waals surface area contributed by atoms with Crippen LogP contribution in [0, 0.1) is 15.9 Å². The lowest BCUT2D eigenvalue weighted by Gasteiger charge is -2.06. The summed E-state index contributed by atoms with van der Waals surface area (Å²) in [6, 6.07) is 2.95. The van der Waals surface area contributed by atoms with E-state index >= 15 is 0 Å². The van der Waals surface area contributed by atoms with Crippen LogP contribution >= 0.6 is 0 Å². The lowest BCUT2D eigenvalue weighted by atomic mass is 10.2. The van der Waals surface area contributed by atoms with Gasteiger partial charge in [-0.3, -0.25) is 14.9 Å². The van der Waals surface area contributed by atoms with Gasteiger partial charge < -0.3 is 11.1 Å². The topological polar surface area (TPSA) is 129 Å². The number of hydrogen-bond acceptors (Lipinski definition) is 6. The first-order valence-electron chi connectivity index (χ1n) is 5.82. The van der Waals surface area contributed by atoms with Gasteiger partial charge in [0, 0.05) is 12.6 Å². The summed E-state index contributed by atoms with van der Waals surface area (Å²) in [5.74, 6) is -1.44. The zero-order valence-electron chi connectivity index (χ0n) is 10.7. The van der Waals surface area contributed by atoms with Crippen molar-refractivity contribution in [3.63, 3.8) is 0 Å². The average Bonchev–Trinajstić information content (AvgIpc) is 2.88. The van der Waals surface area contributed by atoms with Crippen molar-refractivity contribution in [2.24, 2.45) is 5.73 Å². The molecule has 0 saturated carbocycles. The van der Waals surface area contributed by atoms with E-state index in [1.54, 1.807) is 0 Å². The van der Waals surface area contributed by atoms with Gasteiger partial charge in [0.25, 0.3) is 5.69 Å². The van der Waals surface area contributed by atoms with E-state index in [2.05, 4.69) is 15.6 Å². The first kappa shape index (κ1) is 14.5. The lowest BCUT2D eigenvalue weighted by molar-refractivity contribution is -0.385. The van der Waals surface area contributed by atoms with E-state index in [9.17, 15) is 19.3 Å². The number of hydrogen-bond donors (Lipinski definition) is 2. The van der Waals surface area contributed by atoms with Crippen LogP contribution in [0.2, 0.25) is 0 Å². The molecule has 21 heavy (non-hydrogen) atoms. The number of nitrogens with two attached hydrogens (primary N) is 1. The number of anilines is 1. The van der Waals surface area contributed by atoms with Crippen molar-refractivity contribution in [1.82, 2.24) is 15.0 Å². The minimum atomic E-state index is -0.890. The maximum Gasteiger partial charge on any atom is 0.272 e. The summed E-state index contributed by atoms with van der Waals surface area (Å²) in [5, 5.41) is 20.2. The van der Waals surface area contributed by atoms with Crippen LogP contribution in [0.25, 0.3) is 0 Å². The highest BCUT2D eigenvalue weighted by molar-refractivity contribution is 5.90. The number of rotatable bonds is 5. The molecule has 0 fully saturated rings. The summed E-state index contributed by atoms with van der Waals surface area (Å²) in [6.45, 7) is 0.0159. The Labute approximate surface area is 117 Å². The van der Waals surface area contributed by atoms with Crippen LogP contribution in [-0.2, 0) is 17.9 Å². The number of aromatic nitrogens is 3. The Hall–Kier alpha value is -2.88. The molecular weight excluding hydrogens is 283 g/mol. The van der Waals surface area contributed by atoms with Crippen molar-refractivity contribution in [2.75, 3.05) is 5.32 Å². The predicted octanol–water partition coefficient (Wildman–Crippen LogP) is 0.423. The van der Waals surface area contributed by atoms with Crippen LogP contribution < -0.4 is 11.1 Å². The predicted molar refractivity (Wildman–Crippen MR) is 69.6 cm³/mol. The van der Waals surface area contributed by atoms with Crippen LogP contribution in [0.15, 0.2) is 24.4 Å². The fourth-order valence-electron chi connectivity index (χ4n) is 1.57. The summed E-state index contributed by atoms with van der Waals surface area (Å²) in [6.07, 6.45) is 1.49. The van der Waals surface area contributed by atoms with Crippen LogP contribution in [0.5, 0.6) is 0 Å². The molecule has 1 aromatic heterocycles. The highest BCUT2D eigenvalue weighted by Crippen LogP contribution is 2.20. The molecule has 0 saturated heterocycles. The van der Waals surface area contributed by atoms with Gasteiger partial charge in [0.15, 0.2) is 5.82 Å². The molecule has 9 nitrogen and oxygen atoms in total. The number of benzene rings is 1. The van der Waals surface area contributed by atoms with Crippen molar-refractivity contribution < 1.29 is 14.1 Å².